The maximum absolute atomic E-state index is 11.1. The highest BCUT2D eigenvalue weighted by atomic mass is 32.2. The molecule has 0 bridgehead atoms. The first-order valence-electron chi connectivity index (χ1n) is 5.21. The topological polar surface area (TPSA) is 56.5 Å². The molecule has 0 radical (unpaired) electrons. The van der Waals surface area contributed by atoms with Crippen LogP contribution in [-0.4, -0.2) is 25.7 Å². The zero-order chi connectivity index (χ0) is 12.8. The number of aryl methyl sites for hydroxylation is 1. The number of aromatic nitrogens is 1. The van der Waals surface area contributed by atoms with Crippen molar-refractivity contribution in [1.82, 2.24) is 0 Å². The van der Waals surface area contributed by atoms with Crippen molar-refractivity contribution in [2.45, 2.75) is 26.1 Å². The van der Waals surface area contributed by atoms with E-state index in [2.05, 4.69) is 10.1 Å². The van der Waals surface area contributed by atoms with Crippen LogP contribution in [-0.2, 0) is 31.4 Å². The number of ether oxygens (including phenoxy) is 2. The molecule has 1 aromatic rings. The largest absolute Gasteiger partial charge is 0.464 e. The second-order valence-corrected chi connectivity index (χ2v) is 5.38. The van der Waals surface area contributed by atoms with E-state index in [9.17, 15) is 9.59 Å². The Hall–Kier alpha value is -1.43. The SMILES string of the molecule is COC(=O)C[n+]1c[s+](CCOC(C)=O)cc1C. The van der Waals surface area contributed by atoms with Gasteiger partial charge in [-0.05, 0) is 0 Å². The van der Waals surface area contributed by atoms with Crippen LogP contribution in [0.4, 0.5) is 0 Å². The van der Waals surface area contributed by atoms with Crippen molar-refractivity contribution in [2.24, 2.45) is 0 Å². The molecule has 1 unspecified atom stereocenters. The Morgan fingerprint density at radius 3 is 2.76 bits per heavy atom. The van der Waals surface area contributed by atoms with E-state index in [1.165, 1.54) is 14.0 Å². The minimum Gasteiger partial charge on any atom is -0.464 e. The lowest BCUT2D eigenvalue weighted by atomic mass is 10.5. The standard InChI is InChI=1S/C11H17NO4S/c1-9-7-17(5-4-16-10(2)13)8-12(9)6-11(14)15-3/h7-8H,4-6H2,1-3H3/q+2. The minimum absolute atomic E-state index is 0.0684. The second kappa shape index (κ2) is 6.34. The van der Waals surface area contributed by atoms with Gasteiger partial charge in [0.05, 0.1) is 17.6 Å². The lowest BCUT2D eigenvalue weighted by Gasteiger charge is -1.93. The summed E-state index contributed by atoms with van der Waals surface area (Å²) in [7, 11) is 1.30. The van der Waals surface area contributed by atoms with E-state index in [-0.39, 0.29) is 29.0 Å². The lowest BCUT2D eigenvalue weighted by Crippen LogP contribution is -2.38. The molecule has 17 heavy (non-hydrogen) atoms. The maximum atomic E-state index is 11.1. The molecule has 1 rings (SSSR count). The van der Waals surface area contributed by atoms with Gasteiger partial charge in [0.1, 0.15) is 6.61 Å². The van der Waals surface area contributed by atoms with Crippen LogP contribution in [0, 0.1) is 6.92 Å². The van der Waals surface area contributed by atoms with Crippen LogP contribution >= 0.6 is 10.5 Å². The molecule has 1 aromatic heterocycles. The van der Waals surface area contributed by atoms with E-state index in [0.717, 1.165) is 11.4 Å². The molecule has 0 spiro atoms. The molecule has 0 aromatic carbocycles. The molecule has 0 saturated heterocycles. The Morgan fingerprint density at radius 1 is 1.47 bits per heavy atom. The molecular weight excluding hydrogens is 242 g/mol. The lowest BCUT2D eigenvalue weighted by molar-refractivity contribution is -0.687. The highest BCUT2D eigenvalue weighted by Crippen LogP contribution is 2.17. The van der Waals surface area contributed by atoms with Crippen molar-refractivity contribution in [1.29, 1.82) is 0 Å². The molecule has 0 aliphatic heterocycles. The van der Waals surface area contributed by atoms with Gasteiger partial charge in [-0.1, -0.05) is 0 Å². The minimum atomic E-state index is -0.264. The van der Waals surface area contributed by atoms with Gasteiger partial charge >= 0.3 is 17.4 Å². The van der Waals surface area contributed by atoms with Crippen molar-refractivity contribution in [3.05, 3.63) is 16.6 Å². The number of carbonyl (C=O) groups excluding carboxylic acids is 2. The van der Waals surface area contributed by atoms with Gasteiger partial charge < -0.3 is 9.47 Å². The van der Waals surface area contributed by atoms with E-state index < -0.39 is 0 Å². The van der Waals surface area contributed by atoms with E-state index in [1.54, 1.807) is 0 Å². The normalized spacial score (nSPS) is 11.1. The van der Waals surface area contributed by atoms with Crippen LogP contribution < -0.4 is 4.57 Å². The molecule has 0 aliphatic rings. The summed E-state index contributed by atoms with van der Waals surface area (Å²) in [6, 6.07) is 0. The van der Waals surface area contributed by atoms with Crippen molar-refractivity contribution < 1.29 is 23.6 Å². The van der Waals surface area contributed by atoms with Gasteiger partial charge in [0, 0.05) is 13.8 Å². The fourth-order valence-corrected chi connectivity index (χ4v) is 3.02. The van der Waals surface area contributed by atoms with Gasteiger partial charge in [0.25, 0.3) is 0 Å². The van der Waals surface area contributed by atoms with E-state index in [1.807, 2.05) is 17.0 Å². The summed E-state index contributed by atoms with van der Waals surface area (Å²) in [4.78, 5) is 21.8. The fraction of sp³-hybridized carbons (Fsp3) is 0.545. The summed E-state index contributed by atoms with van der Waals surface area (Å²) >= 11 is 0. The van der Waals surface area contributed by atoms with E-state index >= 15 is 0 Å². The number of carbonyl (C=O) groups is 2. The summed E-state index contributed by atoms with van der Waals surface area (Å²) in [5, 5.41) is 2.08. The fourth-order valence-electron chi connectivity index (χ4n) is 1.32. The monoisotopic (exact) mass is 259 g/mol. The Morgan fingerprint density at radius 2 is 2.18 bits per heavy atom. The summed E-state index contributed by atoms with van der Waals surface area (Å²) in [5.41, 5.74) is 3.01. The number of nitrogens with zero attached hydrogens (tertiary/aromatic N) is 1. The number of hydrogen-bond donors (Lipinski definition) is 0. The third-order valence-corrected chi connectivity index (χ3v) is 4.00. The van der Waals surface area contributed by atoms with Gasteiger partial charge in [-0.2, -0.15) is 0 Å². The number of rotatable bonds is 5. The van der Waals surface area contributed by atoms with Crippen LogP contribution in [0.1, 0.15) is 12.6 Å². The quantitative estimate of drug-likeness (QED) is 0.445. The molecular formula is C11H17NO4S+2. The van der Waals surface area contributed by atoms with Crippen LogP contribution in [0.3, 0.4) is 0 Å². The molecule has 0 aliphatic carbocycles. The third kappa shape index (κ3) is 4.52. The highest BCUT2D eigenvalue weighted by Gasteiger charge is 2.22. The molecule has 1 heterocycles. The van der Waals surface area contributed by atoms with Crippen LogP contribution in [0.15, 0.2) is 10.9 Å². The number of thiazole rings is 1. The first kappa shape index (κ1) is 13.6. The molecule has 5 nitrogen and oxygen atoms in total. The van der Waals surface area contributed by atoms with Gasteiger partial charge in [0.2, 0.25) is 17.6 Å². The summed E-state index contributed by atoms with van der Waals surface area (Å²) in [6.07, 6.45) is 0. The van der Waals surface area contributed by atoms with Crippen LogP contribution in [0.25, 0.3) is 0 Å². The molecule has 0 amide bonds. The van der Waals surface area contributed by atoms with Gasteiger partial charge in [-0.15, -0.1) is 4.57 Å². The van der Waals surface area contributed by atoms with Gasteiger partial charge in [0.15, 0.2) is 5.75 Å². The first-order valence-corrected chi connectivity index (χ1v) is 6.73. The van der Waals surface area contributed by atoms with Crippen molar-refractivity contribution in [3.8, 4) is 0 Å². The Balaban J connectivity index is 2.55. The van der Waals surface area contributed by atoms with E-state index in [4.69, 9.17) is 4.74 Å². The predicted molar refractivity (Wildman–Crippen MR) is 62.5 cm³/mol. The van der Waals surface area contributed by atoms with Crippen molar-refractivity contribution >= 4 is 22.4 Å². The molecule has 0 saturated carbocycles. The Kier molecular flexibility index (Phi) is 5.09. The summed E-state index contributed by atoms with van der Waals surface area (Å²) < 4.78 is 11.4. The number of hydrogen-bond acceptors (Lipinski definition) is 4. The molecule has 6 heteroatoms. The Bertz CT molecular complexity index is 414. The van der Waals surface area contributed by atoms with Gasteiger partial charge in [-0.3, -0.25) is 4.79 Å². The summed E-state index contributed by atoms with van der Waals surface area (Å²) in [6.45, 7) is 3.98. The van der Waals surface area contributed by atoms with Crippen LogP contribution in [0.2, 0.25) is 0 Å². The third-order valence-electron chi connectivity index (χ3n) is 2.19. The zero-order valence-corrected chi connectivity index (χ0v) is 11.1. The highest BCUT2D eigenvalue weighted by molar-refractivity contribution is 7.27. The number of esters is 2. The molecule has 94 valence electrons. The van der Waals surface area contributed by atoms with Gasteiger partial charge in [-0.25, -0.2) is 4.79 Å². The predicted octanol–water partition coefficient (Wildman–Crippen LogP) is 0.768. The van der Waals surface area contributed by atoms with Crippen molar-refractivity contribution in [2.75, 3.05) is 13.7 Å². The van der Waals surface area contributed by atoms with Crippen molar-refractivity contribution in [3.63, 3.8) is 0 Å². The molecule has 1 atom stereocenters. The number of methoxy groups -OCH3 is 1. The molecule has 0 N–H and O–H groups in total. The smallest absolute Gasteiger partial charge is 0.372 e. The summed E-state index contributed by atoms with van der Waals surface area (Å²) in [5.74, 6) is 0.230. The average molecular weight is 259 g/mol. The first-order chi connectivity index (χ1) is 8.02. The zero-order valence-electron chi connectivity index (χ0n) is 10.3. The van der Waals surface area contributed by atoms with E-state index in [0.29, 0.717) is 6.61 Å². The average Bonchev–Trinajstić information content (AvgIpc) is 2.59. The Labute approximate surface area is 103 Å². The van der Waals surface area contributed by atoms with Crippen LogP contribution in [0.5, 0.6) is 0 Å². The maximum Gasteiger partial charge on any atom is 0.372 e. The second-order valence-electron chi connectivity index (χ2n) is 3.58. The molecule has 0 fully saturated rings.